The van der Waals surface area contributed by atoms with Crippen LogP contribution in [-0.2, 0) is 11.8 Å². The zero-order valence-electron chi connectivity index (χ0n) is 8.03. The third-order valence-corrected chi connectivity index (χ3v) is 2.81. The average Bonchev–Trinajstić information content (AvgIpc) is 2.12. The Morgan fingerprint density at radius 1 is 1.38 bits per heavy atom. The van der Waals surface area contributed by atoms with E-state index < -0.39 is 0 Å². The molecule has 0 aliphatic carbocycles. The molecule has 13 heavy (non-hydrogen) atoms. The third kappa shape index (κ3) is 2.31. The first-order valence-electron chi connectivity index (χ1n) is 4.53. The van der Waals surface area contributed by atoms with Crippen LogP contribution < -0.4 is 0 Å². The second kappa shape index (κ2) is 4.75. The van der Waals surface area contributed by atoms with Crippen molar-refractivity contribution in [2.45, 2.75) is 32.0 Å². The van der Waals surface area contributed by atoms with Gasteiger partial charge >= 0.3 is 0 Å². The van der Waals surface area contributed by atoms with Crippen LogP contribution in [0.4, 0.5) is 4.39 Å². The second-order valence-corrected chi connectivity index (χ2v) is 3.78. The molecule has 1 aromatic carbocycles. The summed E-state index contributed by atoms with van der Waals surface area (Å²) >= 11 is 3.28. The number of aryl methyl sites for hydroxylation is 1. The van der Waals surface area contributed by atoms with Gasteiger partial charge in [0.15, 0.2) is 0 Å². The van der Waals surface area contributed by atoms with E-state index in [9.17, 15) is 4.39 Å². The predicted molar refractivity (Wildman–Crippen MR) is 57.8 cm³/mol. The molecule has 2 heteroatoms. The van der Waals surface area contributed by atoms with Crippen LogP contribution in [0.2, 0.25) is 0 Å². The van der Waals surface area contributed by atoms with E-state index in [4.69, 9.17) is 0 Å². The van der Waals surface area contributed by atoms with Gasteiger partial charge in [-0.3, -0.25) is 0 Å². The SMILES string of the molecule is CCCc1c(C)ccc(CBr)c1F. The number of halogens is 2. The van der Waals surface area contributed by atoms with Crippen molar-refractivity contribution in [1.29, 1.82) is 0 Å². The van der Waals surface area contributed by atoms with Gasteiger partial charge in [0, 0.05) is 5.33 Å². The van der Waals surface area contributed by atoms with Crippen molar-refractivity contribution in [3.8, 4) is 0 Å². The van der Waals surface area contributed by atoms with E-state index in [1.165, 1.54) is 0 Å². The molecule has 0 unspecified atom stereocenters. The maximum Gasteiger partial charge on any atom is 0.130 e. The zero-order chi connectivity index (χ0) is 9.84. The lowest BCUT2D eigenvalue weighted by molar-refractivity contribution is 0.595. The number of benzene rings is 1. The molecule has 0 nitrogen and oxygen atoms in total. The quantitative estimate of drug-likeness (QED) is 0.706. The summed E-state index contributed by atoms with van der Waals surface area (Å²) in [7, 11) is 0. The summed E-state index contributed by atoms with van der Waals surface area (Å²) in [6, 6.07) is 3.84. The smallest absolute Gasteiger partial charge is 0.130 e. The van der Waals surface area contributed by atoms with Crippen LogP contribution in [0.5, 0.6) is 0 Å². The Hall–Kier alpha value is -0.370. The molecule has 0 saturated carbocycles. The maximum atomic E-state index is 13.7. The number of hydrogen-bond acceptors (Lipinski definition) is 0. The van der Waals surface area contributed by atoms with Crippen molar-refractivity contribution in [3.05, 3.63) is 34.6 Å². The fourth-order valence-corrected chi connectivity index (χ4v) is 1.86. The van der Waals surface area contributed by atoms with Crippen LogP contribution in [-0.4, -0.2) is 0 Å². The molecule has 0 saturated heterocycles. The summed E-state index contributed by atoms with van der Waals surface area (Å²) in [4.78, 5) is 0. The standard InChI is InChI=1S/C11H14BrF/c1-3-4-10-8(2)5-6-9(7-12)11(10)13/h5-6H,3-4,7H2,1-2H3. The first-order valence-corrected chi connectivity index (χ1v) is 5.65. The molecular weight excluding hydrogens is 231 g/mol. The molecule has 1 rings (SSSR count). The van der Waals surface area contributed by atoms with Gasteiger partial charge in [0.2, 0.25) is 0 Å². The van der Waals surface area contributed by atoms with Crippen molar-refractivity contribution < 1.29 is 4.39 Å². The van der Waals surface area contributed by atoms with E-state index in [0.717, 1.165) is 29.5 Å². The van der Waals surface area contributed by atoms with Crippen molar-refractivity contribution in [2.75, 3.05) is 0 Å². The summed E-state index contributed by atoms with van der Waals surface area (Å²) in [6.45, 7) is 4.03. The fraction of sp³-hybridized carbons (Fsp3) is 0.455. The molecule has 0 spiro atoms. The monoisotopic (exact) mass is 244 g/mol. The third-order valence-electron chi connectivity index (χ3n) is 2.20. The Labute approximate surface area is 87.3 Å². The minimum atomic E-state index is -0.0290. The number of hydrogen-bond donors (Lipinski definition) is 0. The Bertz CT molecular complexity index is 294. The number of rotatable bonds is 3. The Morgan fingerprint density at radius 3 is 2.62 bits per heavy atom. The van der Waals surface area contributed by atoms with Crippen molar-refractivity contribution in [2.24, 2.45) is 0 Å². The van der Waals surface area contributed by atoms with Gasteiger partial charge in [-0.05, 0) is 30.0 Å². The van der Waals surface area contributed by atoms with Crippen molar-refractivity contribution in [1.82, 2.24) is 0 Å². The van der Waals surface area contributed by atoms with Gasteiger partial charge in [0.25, 0.3) is 0 Å². The molecule has 0 aliphatic heterocycles. The molecule has 0 aromatic heterocycles. The topological polar surface area (TPSA) is 0 Å². The highest BCUT2D eigenvalue weighted by Crippen LogP contribution is 2.20. The van der Waals surface area contributed by atoms with E-state index in [0.29, 0.717) is 5.33 Å². The zero-order valence-corrected chi connectivity index (χ0v) is 9.62. The van der Waals surface area contributed by atoms with E-state index in [1.807, 2.05) is 19.1 Å². The van der Waals surface area contributed by atoms with Gasteiger partial charge in [-0.15, -0.1) is 0 Å². The summed E-state index contributed by atoms with van der Waals surface area (Å²) < 4.78 is 13.7. The second-order valence-electron chi connectivity index (χ2n) is 3.22. The Balaban J connectivity index is 3.13. The summed E-state index contributed by atoms with van der Waals surface area (Å²) in [5.41, 5.74) is 2.69. The molecule has 0 bridgehead atoms. The lowest BCUT2D eigenvalue weighted by atomic mass is 10.0. The van der Waals surface area contributed by atoms with Crippen LogP contribution in [0.3, 0.4) is 0 Å². The minimum absolute atomic E-state index is 0.0290. The molecule has 0 amide bonds. The van der Waals surface area contributed by atoms with E-state index >= 15 is 0 Å². The molecule has 72 valence electrons. The molecule has 0 radical (unpaired) electrons. The van der Waals surface area contributed by atoms with Crippen LogP contribution in [0, 0.1) is 12.7 Å². The van der Waals surface area contributed by atoms with Gasteiger partial charge in [0.05, 0.1) is 0 Å². The van der Waals surface area contributed by atoms with Crippen molar-refractivity contribution in [3.63, 3.8) is 0 Å². The molecular formula is C11H14BrF. The lowest BCUT2D eigenvalue weighted by Crippen LogP contribution is -1.98. The highest BCUT2D eigenvalue weighted by molar-refractivity contribution is 9.08. The largest absolute Gasteiger partial charge is 0.206 e. The molecule has 0 N–H and O–H groups in total. The Morgan fingerprint density at radius 2 is 2.08 bits per heavy atom. The van der Waals surface area contributed by atoms with Gasteiger partial charge in [0.1, 0.15) is 5.82 Å². The molecule has 0 fully saturated rings. The first kappa shape index (κ1) is 10.7. The molecule has 0 aliphatic rings. The van der Waals surface area contributed by atoms with Crippen molar-refractivity contribution >= 4 is 15.9 Å². The highest BCUT2D eigenvalue weighted by Gasteiger charge is 2.08. The summed E-state index contributed by atoms with van der Waals surface area (Å²) in [5.74, 6) is -0.0290. The predicted octanol–water partition coefficient (Wildman–Crippen LogP) is 3.98. The summed E-state index contributed by atoms with van der Waals surface area (Å²) in [6.07, 6.45) is 1.82. The van der Waals surface area contributed by atoms with Crippen LogP contribution in [0.1, 0.15) is 30.0 Å². The molecule has 0 heterocycles. The van der Waals surface area contributed by atoms with Crippen LogP contribution >= 0.6 is 15.9 Å². The first-order chi connectivity index (χ1) is 6.20. The molecule has 1 aromatic rings. The summed E-state index contributed by atoms with van der Waals surface area (Å²) in [5, 5.41) is 0.593. The highest BCUT2D eigenvalue weighted by atomic mass is 79.9. The van der Waals surface area contributed by atoms with Gasteiger partial charge < -0.3 is 0 Å². The maximum absolute atomic E-state index is 13.7. The normalized spacial score (nSPS) is 10.5. The minimum Gasteiger partial charge on any atom is -0.206 e. The Kier molecular flexibility index (Phi) is 3.91. The van der Waals surface area contributed by atoms with E-state index in [1.54, 1.807) is 0 Å². The van der Waals surface area contributed by atoms with Crippen LogP contribution in [0.25, 0.3) is 0 Å². The lowest BCUT2D eigenvalue weighted by Gasteiger charge is -2.08. The van der Waals surface area contributed by atoms with Gasteiger partial charge in [-0.2, -0.15) is 0 Å². The fourth-order valence-electron chi connectivity index (χ4n) is 1.43. The number of alkyl halides is 1. The van der Waals surface area contributed by atoms with Gasteiger partial charge in [-0.25, -0.2) is 4.39 Å². The van der Waals surface area contributed by atoms with Crippen LogP contribution in [0.15, 0.2) is 12.1 Å². The average molecular weight is 245 g/mol. The van der Waals surface area contributed by atoms with E-state index in [-0.39, 0.29) is 5.82 Å². The molecule has 0 atom stereocenters. The van der Waals surface area contributed by atoms with Gasteiger partial charge in [-0.1, -0.05) is 41.4 Å². The van der Waals surface area contributed by atoms with E-state index in [2.05, 4.69) is 22.9 Å².